The minimum absolute atomic E-state index is 1.27. The first-order chi connectivity index (χ1) is 14.8. The molecule has 0 fully saturated rings. The summed E-state index contributed by atoms with van der Waals surface area (Å²) in [6.45, 7) is 6.97. The third-order valence-electron chi connectivity index (χ3n) is 6.61. The molecular formula is C28H60SSn. The van der Waals surface area contributed by atoms with Crippen LogP contribution in [-0.2, 0) is 0 Å². The summed E-state index contributed by atoms with van der Waals surface area (Å²) in [5.74, 6) is 1.52. The van der Waals surface area contributed by atoms with Gasteiger partial charge in [-0.15, -0.1) is 0 Å². The Morgan fingerprint density at radius 1 is 0.367 bits per heavy atom. The molecule has 0 atom stereocenters. The van der Waals surface area contributed by atoms with Crippen LogP contribution < -0.4 is 0 Å². The van der Waals surface area contributed by atoms with Crippen LogP contribution in [0.15, 0.2) is 0 Å². The molecule has 0 aliphatic rings. The second-order valence-electron chi connectivity index (χ2n) is 9.79. The molecule has 0 aromatic carbocycles. The van der Waals surface area contributed by atoms with Gasteiger partial charge in [0.15, 0.2) is 0 Å². The molecule has 0 nitrogen and oxygen atoms in total. The van der Waals surface area contributed by atoms with Gasteiger partial charge in [0.1, 0.15) is 0 Å². The van der Waals surface area contributed by atoms with E-state index in [9.17, 15) is 0 Å². The van der Waals surface area contributed by atoms with E-state index >= 15 is 0 Å². The zero-order chi connectivity index (χ0) is 22.0. The molecule has 0 saturated carbocycles. The Bertz CT molecular complexity index is 278. The summed E-state index contributed by atoms with van der Waals surface area (Å²) >= 11 is -1.27. The average Bonchev–Trinajstić information content (AvgIpc) is 2.76. The molecule has 0 aromatic heterocycles. The fourth-order valence-corrected chi connectivity index (χ4v) is 19.9. The quantitative estimate of drug-likeness (QED) is 0.0767. The zero-order valence-electron chi connectivity index (χ0n) is 21.7. The van der Waals surface area contributed by atoms with Gasteiger partial charge in [0.2, 0.25) is 0 Å². The van der Waals surface area contributed by atoms with Crippen molar-refractivity contribution in [1.29, 1.82) is 0 Å². The number of hydrogen-bond donors (Lipinski definition) is 0. The molecule has 182 valence electrons. The summed E-state index contributed by atoms with van der Waals surface area (Å²) in [6.07, 6.45) is 32.7. The Morgan fingerprint density at radius 3 is 1.03 bits per heavy atom. The summed E-state index contributed by atoms with van der Waals surface area (Å²) in [6, 6.07) is 0. The Kier molecular flexibility index (Phi) is 29.3. The Balaban J connectivity index is 3.73. The normalized spacial score (nSPS) is 11.6. The molecule has 0 saturated heterocycles. The van der Waals surface area contributed by atoms with E-state index in [1.165, 1.54) is 134 Å². The minimum atomic E-state index is -1.27. The van der Waals surface area contributed by atoms with E-state index in [1.54, 1.807) is 21.7 Å². The van der Waals surface area contributed by atoms with Crippen molar-refractivity contribution in [2.45, 2.75) is 171 Å². The zero-order valence-corrected chi connectivity index (χ0v) is 25.8. The molecule has 0 radical (unpaired) electrons. The summed E-state index contributed by atoms with van der Waals surface area (Å²) in [4.78, 5) is 0. The second kappa shape index (κ2) is 28.2. The molecule has 2 heteroatoms. The van der Waals surface area contributed by atoms with Crippen LogP contribution >= 0.6 is 8.95 Å². The topological polar surface area (TPSA) is 0 Å². The fourth-order valence-electron chi connectivity index (χ4n) is 4.46. The van der Waals surface area contributed by atoms with Crippen molar-refractivity contribution in [3.8, 4) is 0 Å². The second-order valence-corrected chi connectivity index (χ2v) is 24.7. The van der Waals surface area contributed by atoms with E-state index in [-0.39, 0.29) is 0 Å². The number of hydrogen-bond acceptors (Lipinski definition) is 1. The molecule has 0 aliphatic heterocycles. The summed E-state index contributed by atoms with van der Waals surface area (Å²) in [5.41, 5.74) is 0. The van der Waals surface area contributed by atoms with E-state index in [4.69, 9.17) is 0 Å². The molecule has 0 unspecified atom stereocenters. The molecule has 0 bridgehead atoms. The van der Waals surface area contributed by atoms with Crippen LogP contribution in [0.4, 0.5) is 0 Å². The molecule has 0 spiro atoms. The first-order valence-corrected chi connectivity index (χ1v) is 24.2. The summed E-state index contributed by atoms with van der Waals surface area (Å²) in [5, 5.41) is 0. The van der Waals surface area contributed by atoms with Crippen LogP contribution in [0.25, 0.3) is 0 Å². The van der Waals surface area contributed by atoms with Gasteiger partial charge < -0.3 is 0 Å². The van der Waals surface area contributed by atoms with E-state index in [2.05, 4.69) is 29.7 Å². The number of unbranched alkanes of at least 4 members (excludes halogenated alkanes) is 19. The predicted molar refractivity (Wildman–Crippen MR) is 148 cm³/mol. The first-order valence-electron chi connectivity index (χ1n) is 14.5. The molecular weight excluding hydrogens is 487 g/mol. The van der Waals surface area contributed by atoms with Crippen LogP contribution in [-0.4, -0.2) is 24.1 Å². The van der Waals surface area contributed by atoms with Crippen molar-refractivity contribution >= 4 is 27.3 Å². The first kappa shape index (κ1) is 31.1. The molecule has 30 heavy (non-hydrogen) atoms. The van der Waals surface area contributed by atoms with Crippen molar-refractivity contribution < 1.29 is 0 Å². The van der Waals surface area contributed by atoms with Gasteiger partial charge in [-0.2, -0.15) is 0 Å². The van der Waals surface area contributed by atoms with Crippen molar-refractivity contribution in [2.24, 2.45) is 0 Å². The Hall–Kier alpha value is 1.15. The van der Waals surface area contributed by atoms with Crippen molar-refractivity contribution in [1.82, 2.24) is 0 Å². The van der Waals surface area contributed by atoms with Crippen molar-refractivity contribution in [2.75, 3.05) is 5.75 Å². The average molecular weight is 548 g/mol. The van der Waals surface area contributed by atoms with Gasteiger partial charge >= 0.3 is 197 Å². The molecule has 0 amide bonds. The van der Waals surface area contributed by atoms with Gasteiger partial charge in [0.25, 0.3) is 0 Å². The monoisotopic (exact) mass is 548 g/mol. The van der Waals surface area contributed by atoms with Crippen molar-refractivity contribution in [3.05, 3.63) is 0 Å². The maximum absolute atomic E-state index is 2.55. The molecule has 0 aromatic rings. The fraction of sp³-hybridized carbons (Fsp3) is 1.00. The molecule has 0 heterocycles. The van der Waals surface area contributed by atoms with Gasteiger partial charge in [-0.05, 0) is 0 Å². The SMILES string of the molecule is CCCCCCCCCCCC[S][SnH]([CH2]CCCCCCC)[CH2]CCCCCCC. The van der Waals surface area contributed by atoms with Gasteiger partial charge in [0, 0.05) is 0 Å². The predicted octanol–water partition coefficient (Wildman–Crippen LogP) is 11.1. The van der Waals surface area contributed by atoms with Crippen LogP contribution in [0, 0.1) is 0 Å². The summed E-state index contributed by atoms with van der Waals surface area (Å²) < 4.78 is 3.40. The third-order valence-corrected chi connectivity index (χ3v) is 22.8. The third kappa shape index (κ3) is 25.4. The van der Waals surface area contributed by atoms with E-state index in [0.29, 0.717) is 0 Å². The Labute approximate surface area is 203 Å². The van der Waals surface area contributed by atoms with Crippen molar-refractivity contribution in [3.63, 3.8) is 0 Å². The summed E-state index contributed by atoms with van der Waals surface area (Å²) in [7, 11) is 2.55. The molecule has 0 aliphatic carbocycles. The van der Waals surface area contributed by atoms with E-state index in [0.717, 1.165) is 0 Å². The number of rotatable bonds is 26. The molecule has 0 N–H and O–H groups in total. The van der Waals surface area contributed by atoms with Gasteiger partial charge in [-0.1, -0.05) is 6.92 Å². The van der Waals surface area contributed by atoms with Crippen LogP contribution in [0.1, 0.15) is 162 Å². The van der Waals surface area contributed by atoms with Gasteiger partial charge in [-0.25, -0.2) is 0 Å². The Morgan fingerprint density at radius 2 is 0.667 bits per heavy atom. The maximum atomic E-state index is 2.55. The van der Waals surface area contributed by atoms with Crippen LogP contribution in [0.3, 0.4) is 0 Å². The standard InChI is InChI=1S/C12H26S.2C8H17.Sn.H/c1-2-3-4-5-6-7-8-9-10-11-12-13;2*1-3-5-7-8-6-4-2;;/h13H,2-12H2,1H3;2*1,3-8H2,2H3;;/q;;;+1;/p-1. The van der Waals surface area contributed by atoms with E-state index in [1.807, 2.05) is 0 Å². The molecule has 0 rings (SSSR count). The van der Waals surface area contributed by atoms with Crippen LogP contribution in [0.2, 0.25) is 8.87 Å². The van der Waals surface area contributed by atoms with E-state index < -0.39 is 18.4 Å². The van der Waals surface area contributed by atoms with Gasteiger partial charge in [0.05, 0.1) is 0 Å². The van der Waals surface area contributed by atoms with Crippen LogP contribution in [0.5, 0.6) is 0 Å². The van der Waals surface area contributed by atoms with Gasteiger partial charge in [-0.3, -0.25) is 0 Å².